The second-order valence-corrected chi connectivity index (χ2v) is 3.01. The zero-order valence-corrected chi connectivity index (χ0v) is 6.56. The summed E-state index contributed by atoms with van der Waals surface area (Å²) in [6, 6.07) is 0. The molecular formula is C10H14. The first kappa shape index (κ1) is 7.33. The molecule has 54 valence electrons. The predicted octanol–water partition coefficient (Wildman–Crippen LogP) is 3.08. The van der Waals surface area contributed by atoms with Gasteiger partial charge in [0.1, 0.15) is 0 Å². The second kappa shape index (κ2) is 2.87. The highest BCUT2D eigenvalue weighted by Gasteiger charge is 2.09. The topological polar surface area (TPSA) is 0 Å². The van der Waals surface area contributed by atoms with Crippen LogP contribution in [0, 0.1) is 5.92 Å². The minimum absolute atomic E-state index is 0.602. The van der Waals surface area contributed by atoms with E-state index in [4.69, 9.17) is 0 Å². The van der Waals surface area contributed by atoms with E-state index in [2.05, 4.69) is 32.2 Å². The predicted molar refractivity (Wildman–Crippen MR) is 45.8 cm³/mol. The van der Waals surface area contributed by atoms with Gasteiger partial charge in [0.2, 0.25) is 0 Å². The fourth-order valence-electron chi connectivity index (χ4n) is 1.18. The summed E-state index contributed by atoms with van der Waals surface area (Å²) < 4.78 is 0. The van der Waals surface area contributed by atoms with E-state index < -0.39 is 0 Å². The van der Waals surface area contributed by atoms with Crippen LogP contribution < -0.4 is 0 Å². The van der Waals surface area contributed by atoms with Gasteiger partial charge in [-0.3, -0.25) is 0 Å². The van der Waals surface area contributed by atoms with Gasteiger partial charge in [0.05, 0.1) is 0 Å². The van der Waals surface area contributed by atoms with Crippen LogP contribution in [-0.4, -0.2) is 0 Å². The van der Waals surface area contributed by atoms with Crippen LogP contribution in [-0.2, 0) is 0 Å². The van der Waals surface area contributed by atoms with Crippen molar-refractivity contribution in [2.24, 2.45) is 5.92 Å². The highest BCUT2D eigenvalue weighted by molar-refractivity contribution is 5.23. The first-order chi connectivity index (χ1) is 4.70. The summed E-state index contributed by atoms with van der Waals surface area (Å²) in [7, 11) is 0. The first-order valence-electron chi connectivity index (χ1n) is 3.71. The fourth-order valence-corrected chi connectivity index (χ4v) is 1.18. The molecule has 0 heteroatoms. The Bertz CT molecular complexity index is 184. The van der Waals surface area contributed by atoms with E-state index >= 15 is 0 Å². The molecule has 0 bridgehead atoms. The molecule has 0 N–H and O–H groups in total. The molecule has 0 unspecified atom stereocenters. The number of rotatable bonds is 1. The van der Waals surface area contributed by atoms with Crippen molar-refractivity contribution in [1.82, 2.24) is 0 Å². The van der Waals surface area contributed by atoms with Crippen LogP contribution in [0.2, 0.25) is 0 Å². The van der Waals surface area contributed by atoms with Crippen molar-refractivity contribution < 1.29 is 0 Å². The van der Waals surface area contributed by atoms with Gasteiger partial charge in [0.15, 0.2) is 0 Å². The molecule has 0 saturated heterocycles. The average molecular weight is 134 g/mol. The van der Waals surface area contributed by atoms with Gasteiger partial charge >= 0.3 is 0 Å². The molecule has 10 heavy (non-hydrogen) atoms. The molecule has 0 nitrogen and oxygen atoms in total. The van der Waals surface area contributed by atoms with Crippen LogP contribution in [0.5, 0.6) is 0 Å². The minimum Gasteiger partial charge on any atom is -0.0995 e. The maximum absolute atomic E-state index is 3.92. The zero-order chi connectivity index (χ0) is 7.56. The number of hydrogen-bond donors (Lipinski definition) is 0. The summed E-state index contributed by atoms with van der Waals surface area (Å²) in [5.41, 5.74) is 2.52. The van der Waals surface area contributed by atoms with Crippen LogP contribution in [0.15, 0.2) is 36.5 Å². The summed E-state index contributed by atoms with van der Waals surface area (Å²) in [6.45, 7) is 9.90. The Balaban J connectivity index is 2.61. The quantitative estimate of drug-likeness (QED) is 0.483. The average Bonchev–Trinajstić information content (AvgIpc) is 1.88. The molecule has 1 atom stereocenters. The third kappa shape index (κ3) is 1.60. The SMILES string of the molecule is C=C1C=C[C@@H](C(=C)C)CC1. The summed E-state index contributed by atoms with van der Waals surface area (Å²) in [6.07, 6.45) is 6.65. The van der Waals surface area contributed by atoms with Crippen LogP contribution in [0.3, 0.4) is 0 Å². The van der Waals surface area contributed by atoms with Gasteiger partial charge in [0, 0.05) is 0 Å². The lowest BCUT2D eigenvalue weighted by molar-refractivity contribution is 0.659. The molecule has 0 amide bonds. The Kier molecular flexibility index (Phi) is 2.10. The minimum atomic E-state index is 0.602. The van der Waals surface area contributed by atoms with Gasteiger partial charge in [-0.15, -0.1) is 0 Å². The molecule has 0 aromatic heterocycles. The molecule has 0 fully saturated rings. The molecule has 0 heterocycles. The van der Waals surface area contributed by atoms with Crippen molar-refractivity contribution in [2.75, 3.05) is 0 Å². The van der Waals surface area contributed by atoms with Crippen molar-refractivity contribution in [2.45, 2.75) is 19.8 Å². The van der Waals surface area contributed by atoms with Gasteiger partial charge in [-0.1, -0.05) is 36.5 Å². The van der Waals surface area contributed by atoms with Gasteiger partial charge in [-0.05, 0) is 25.7 Å². The van der Waals surface area contributed by atoms with Crippen molar-refractivity contribution in [3.63, 3.8) is 0 Å². The molecule has 1 rings (SSSR count). The fraction of sp³-hybridized carbons (Fsp3) is 0.400. The van der Waals surface area contributed by atoms with Crippen molar-refractivity contribution in [1.29, 1.82) is 0 Å². The molecule has 0 aromatic rings. The number of hydrogen-bond acceptors (Lipinski definition) is 0. The maximum Gasteiger partial charge on any atom is -0.00224 e. The van der Waals surface area contributed by atoms with Gasteiger partial charge < -0.3 is 0 Å². The molecule has 1 aliphatic carbocycles. The molecule has 0 aromatic carbocycles. The normalized spacial score (nSPS) is 24.9. The number of allylic oxidation sites excluding steroid dienone is 4. The largest absolute Gasteiger partial charge is 0.0995 e. The zero-order valence-electron chi connectivity index (χ0n) is 6.56. The van der Waals surface area contributed by atoms with Gasteiger partial charge in [-0.25, -0.2) is 0 Å². The van der Waals surface area contributed by atoms with E-state index in [0.717, 1.165) is 6.42 Å². The van der Waals surface area contributed by atoms with E-state index in [1.807, 2.05) is 0 Å². The van der Waals surface area contributed by atoms with E-state index in [9.17, 15) is 0 Å². The van der Waals surface area contributed by atoms with E-state index in [1.165, 1.54) is 17.6 Å². The third-order valence-corrected chi connectivity index (χ3v) is 1.97. The molecular weight excluding hydrogens is 120 g/mol. The summed E-state index contributed by atoms with van der Waals surface area (Å²) >= 11 is 0. The lowest BCUT2D eigenvalue weighted by Crippen LogP contribution is -2.01. The third-order valence-electron chi connectivity index (χ3n) is 1.97. The molecule has 0 aliphatic heterocycles. The van der Waals surface area contributed by atoms with Crippen LogP contribution in [0.1, 0.15) is 19.8 Å². The van der Waals surface area contributed by atoms with Crippen LogP contribution >= 0.6 is 0 Å². The maximum atomic E-state index is 3.92. The van der Waals surface area contributed by atoms with Crippen LogP contribution in [0.4, 0.5) is 0 Å². The first-order valence-corrected chi connectivity index (χ1v) is 3.71. The smallest absolute Gasteiger partial charge is 0.00224 e. The Morgan fingerprint density at radius 2 is 2.40 bits per heavy atom. The lowest BCUT2D eigenvalue weighted by Gasteiger charge is -2.16. The van der Waals surface area contributed by atoms with Crippen molar-refractivity contribution >= 4 is 0 Å². The van der Waals surface area contributed by atoms with Gasteiger partial charge in [-0.2, -0.15) is 0 Å². The Hall–Kier alpha value is -0.780. The summed E-state index contributed by atoms with van der Waals surface area (Å²) in [5, 5.41) is 0. The van der Waals surface area contributed by atoms with Crippen molar-refractivity contribution in [3.05, 3.63) is 36.5 Å². The summed E-state index contributed by atoms with van der Waals surface area (Å²) in [4.78, 5) is 0. The lowest BCUT2D eigenvalue weighted by atomic mass is 9.89. The highest BCUT2D eigenvalue weighted by atomic mass is 14.1. The standard InChI is InChI=1S/C10H14/c1-8(2)10-6-4-9(3)5-7-10/h4,6,10H,1,3,5,7H2,2H3/t10-/m1/s1. The van der Waals surface area contributed by atoms with E-state index in [0.29, 0.717) is 5.92 Å². The molecule has 0 saturated carbocycles. The highest BCUT2D eigenvalue weighted by Crippen LogP contribution is 2.24. The van der Waals surface area contributed by atoms with Gasteiger partial charge in [0.25, 0.3) is 0 Å². The molecule has 0 spiro atoms. The van der Waals surface area contributed by atoms with Crippen LogP contribution in [0.25, 0.3) is 0 Å². The van der Waals surface area contributed by atoms with E-state index in [1.54, 1.807) is 0 Å². The van der Waals surface area contributed by atoms with E-state index in [-0.39, 0.29) is 0 Å². The molecule has 1 aliphatic rings. The molecule has 0 radical (unpaired) electrons. The Labute approximate surface area is 62.9 Å². The Morgan fingerprint density at radius 1 is 1.70 bits per heavy atom. The Morgan fingerprint density at radius 3 is 2.80 bits per heavy atom. The second-order valence-electron chi connectivity index (χ2n) is 3.01. The van der Waals surface area contributed by atoms with Crippen molar-refractivity contribution in [3.8, 4) is 0 Å². The monoisotopic (exact) mass is 134 g/mol. The summed E-state index contributed by atoms with van der Waals surface area (Å²) in [5.74, 6) is 0.602.